The Labute approximate surface area is 169 Å². The van der Waals surface area contributed by atoms with Gasteiger partial charge in [-0.25, -0.2) is 0 Å². The van der Waals surface area contributed by atoms with Crippen LogP contribution in [-0.4, -0.2) is 31.3 Å². The van der Waals surface area contributed by atoms with Crippen LogP contribution in [-0.2, 0) is 16.0 Å². The van der Waals surface area contributed by atoms with Gasteiger partial charge in [-0.2, -0.15) is 0 Å². The highest BCUT2D eigenvalue weighted by Gasteiger charge is 2.09. The first-order valence-corrected chi connectivity index (χ1v) is 9.36. The van der Waals surface area contributed by atoms with E-state index in [1.807, 2.05) is 66.7 Å². The van der Waals surface area contributed by atoms with Gasteiger partial charge in [-0.15, -0.1) is 0 Å². The molecule has 5 nitrogen and oxygen atoms in total. The number of nitrogens with one attached hydrogen (secondary N) is 2. The molecule has 3 aromatic rings. The molecule has 0 saturated heterocycles. The monoisotopic (exact) mass is 394 g/mol. The molecule has 28 heavy (non-hydrogen) atoms. The number of amides is 1. The second kappa shape index (κ2) is 9.82. The molecule has 0 aromatic heterocycles. The minimum Gasteiger partial charge on any atom is -0.491 e. The van der Waals surface area contributed by atoms with Crippen molar-refractivity contribution >= 4 is 39.7 Å². The van der Waals surface area contributed by atoms with Gasteiger partial charge in [0.2, 0.25) is 5.91 Å². The van der Waals surface area contributed by atoms with Crippen LogP contribution in [0.1, 0.15) is 5.56 Å². The average molecular weight is 394 g/mol. The van der Waals surface area contributed by atoms with E-state index in [-0.39, 0.29) is 17.4 Å². The lowest BCUT2D eigenvalue weighted by Crippen LogP contribution is -2.35. The second-order valence-electron chi connectivity index (χ2n) is 6.18. The standard InChI is InChI=1S/C22H22N2O3S/c1-26-13-14-27-19-11-9-18(10-12-19)23-22(28)24-21(25)15-17-7-4-6-16-5-2-3-8-20(16)17/h2-12H,13-15H2,1H3,(H2,23,24,25,28). The number of hydrogen-bond donors (Lipinski definition) is 2. The quantitative estimate of drug-likeness (QED) is 0.470. The van der Waals surface area contributed by atoms with Crippen LogP contribution in [0.15, 0.2) is 66.7 Å². The van der Waals surface area contributed by atoms with Gasteiger partial charge in [-0.3, -0.25) is 4.79 Å². The van der Waals surface area contributed by atoms with Gasteiger partial charge >= 0.3 is 0 Å². The van der Waals surface area contributed by atoms with Crippen molar-refractivity contribution < 1.29 is 14.3 Å². The highest BCUT2D eigenvalue weighted by molar-refractivity contribution is 7.80. The van der Waals surface area contributed by atoms with Gasteiger partial charge in [0.1, 0.15) is 12.4 Å². The summed E-state index contributed by atoms with van der Waals surface area (Å²) in [5, 5.41) is 8.19. The van der Waals surface area contributed by atoms with Crippen molar-refractivity contribution in [2.75, 3.05) is 25.6 Å². The van der Waals surface area contributed by atoms with Crippen molar-refractivity contribution in [3.8, 4) is 5.75 Å². The van der Waals surface area contributed by atoms with Crippen molar-refractivity contribution in [2.24, 2.45) is 0 Å². The molecule has 3 rings (SSSR count). The molecule has 1 amide bonds. The summed E-state index contributed by atoms with van der Waals surface area (Å²) in [6, 6.07) is 21.3. The minimum atomic E-state index is -0.159. The summed E-state index contributed by atoms with van der Waals surface area (Å²) in [4.78, 5) is 12.4. The predicted molar refractivity (Wildman–Crippen MR) is 116 cm³/mol. The fourth-order valence-electron chi connectivity index (χ4n) is 2.83. The van der Waals surface area contributed by atoms with Crippen molar-refractivity contribution in [3.63, 3.8) is 0 Å². The molecule has 0 aliphatic heterocycles. The van der Waals surface area contributed by atoms with Gasteiger partial charge < -0.3 is 20.1 Å². The van der Waals surface area contributed by atoms with Gasteiger partial charge in [0, 0.05) is 12.8 Å². The molecule has 0 radical (unpaired) electrons. The molecule has 0 atom stereocenters. The number of hydrogen-bond acceptors (Lipinski definition) is 4. The van der Waals surface area contributed by atoms with E-state index in [1.165, 1.54) is 0 Å². The Morgan fingerprint density at radius 1 is 0.964 bits per heavy atom. The van der Waals surface area contributed by atoms with Crippen molar-refractivity contribution in [3.05, 3.63) is 72.3 Å². The Hall–Kier alpha value is -2.96. The number of fused-ring (bicyclic) bond motifs is 1. The molecule has 2 N–H and O–H groups in total. The molecule has 0 aliphatic rings. The second-order valence-corrected chi connectivity index (χ2v) is 6.59. The zero-order valence-electron chi connectivity index (χ0n) is 15.6. The van der Waals surface area contributed by atoms with E-state index in [2.05, 4.69) is 10.6 Å². The summed E-state index contributed by atoms with van der Waals surface area (Å²) in [5.41, 5.74) is 1.74. The van der Waals surface area contributed by atoms with Crippen LogP contribution in [0.3, 0.4) is 0 Å². The molecule has 144 valence electrons. The third-order valence-electron chi connectivity index (χ3n) is 4.15. The summed E-state index contributed by atoms with van der Waals surface area (Å²) < 4.78 is 10.5. The average Bonchev–Trinajstić information content (AvgIpc) is 2.69. The molecule has 3 aromatic carbocycles. The van der Waals surface area contributed by atoms with Crippen LogP contribution < -0.4 is 15.4 Å². The van der Waals surface area contributed by atoms with E-state index in [9.17, 15) is 4.79 Å². The lowest BCUT2D eigenvalue weighted by molar-refractivity contribution is -0.119. The zero-order valence-corrected chi connectivity index (χ0v) is 16.4. The van der Waals surface area contributed by atoms with Crippen LogP contribution >= 0.6 is 12.2 Å². The number of methoxy groups -OCH3 is 1. The first-order valence-electron chi connectivity index (χ1n) is 8.95. The van der Waals surface area contributed by atoms with Crippen LogP contribution in [0, 0.1) is 0 Å². The van der Waals surface area contributed by atoms with E-state index in [0.29, 0.717) is 13.2 Å². The topological polar surface area (TPSA) is 59.6 Å². The summed E-state index contributed by atoms with van der Waals surface area (Å²) in [6.07, 6.45) is 0.259. The molecule has 0 spiro atoms. The SMILES string of the molecule is COCCOc1ccc(NC(=S)NC(=O)Cc2cccc3ccccc23)cc1. The predicted octanol–water partition coefficient (Wildman–Crippen LogP) is 3.92. The molecule has 6 heteroatoms. The van der Waals surface area contributed by atoms with E-state index < -0.39 is 0 Å². The van der Waals surface area contributed by atoms with Crippen molar-refractivity contribution in [1.82, 2.24) is 5.32 Å². The number of thiocarbonyl (C=S) groups is 1. The maximum Gasteiger partial charge on any atom is 0.230 e. The maximum atomic E-state index is 12.4. The summed E-state index contributed by atoms with van der Waals surface area (Å²) in [7, 11) is 1.63. The molecule has 0 unspecified atom stereocenters. The van der Waals surface area contributed by atoms with E-state index in [4.69, 9.17) is 21.7 Å². The van der Waals surface area contributed by atoms with E-state index in [1.54, 1.807) is 7.11 Å². The fraction of sp³-hybridized carbons (Fsp3) is 0.182. The van der Waals surface area contributed by atoms with Gasteiger partial charge in [0.15, 0.2) is 5.11 Å². The summed E-state index contributed by atoms with van der Waals surface area (Å²) >= 11 is 5.25. The van der Waals surface area contributed by atoms with Crippen molar-refractivity contribution in [2.45, 2.75) is 6.42 Å². The minimum absolute atomic E-state index is 0.159. The van der Waals surface area contributed by atoms with Crippen LogP contribution in [0.4, 0.5) is 5.69 Å². The number of ether oxygens (including phenoxy) is 2. The Balaban J connectivity index is 1.53. The fourth-order valence-corrected chi connectivity index (χ4v) is 3.06. The third kappa shape index (κ3) is 5.52. The number of carbonyl (C=O) groups excluding carboxylic acids is 1. The van der Waals surface area contributed by atoms with Gasteiger partial charge in [-0.1, -0.05) is 42.5 Å². The normalized spacial score (nSPS) is 10.5. The number of carbonyl (C=O) groups is 1. The molecule has 0 bridgehead atoms. The molecule has 0 saturated carbocycles. The first kappa shape index (κ1) is 19.8. The Morgan fingerprint density at radius 2 is 1.71 bits per heavy atom. The number of anilines is 1. The lowest BCUT2D eigenvalue weighted by atomic mass is 10.0. The first-order chi connectivity index (χ1) is 13.7. The van der Waals surface area contributed by atoms with Crippen LogP contribution in [0.5, 0.6) is 5.75 Å². The molecule has 0 aliphatic carbocycles. The summed E-state index contributed by atoms with van der Waals surface area (Å²) in [6.45, 7) is 1.03. The highest BCUT2D eigenvalue weighted by atomic mass is 32.1. The number of rotatable bonds is 7. The van der Waals surface area contributed by atoms with E-state index in [0.717, 1.165) is 27.8 Å². The Kier molecular flexibility index (Phi) is 6.94. The summed E-state index contributed by atoms with van der Waals surface area (Å²) in [5.74, 6) is 0.585. The zero-order chi connectivity index (χ0) is 19.8. The highest BCUT2D eigenvalue weighted by Crippen LogP contribution is 2.19. The van der Waals surface area contributed by atoms with Gasteiger partial charge in [0.05, 0.1) is 13.0 Å². The molecular formula is C22H22N2O3S. The molecular weight excluding hydrogens is 372 g/mol. The number of benzene rings is 3. The van der Waals surface area contributed by atoms with Crippen LogP contribution in [0.2, 0.25) is 0 Å². The largest absolute Gasteiger partial charge is 0.491 e. The lowest BCUT2D eigenvalue weighted by Gasteiger charge is -2.11. The smallest absolute Gasteiger partial charge is 0.230 e. The Morgan fingerprint density at radius 3 is 2.50 bits per heavy atom. The van der Waals surface area contributed by atoms with Crippen LogP contribution in [0.25, 0.3) is 10.8 Å². The molecule has 0 fully saturated rings. The third-order valence-corrected chi connectivity index (χ3v) is 4.36. The Bertz CT molecular complexity index is 952. The van der Waals surface area contributed by atoms with Gasteiger partial charge in [0.25, 0.3) is 0 Å². The van der Waals surface area contributed by atoms with E-state index >= 15 is 0 Å². The maximum absolute atomic E-state index is 12.4. The van der Waals surface area contributed by atoms with Gasteiger partial charge in [-0.05, 0) is 52.8 Å². The molecule has 0 heterocycles. The van der Waals surface area contributed by atoms with Crippen molar-refractivity contribution in [1.29, 1.82) is 0 Å².